The summed E-state index contributed by atoms with van der Waals surface area (Å²) in [7, 11) is 0. The van der Waals surface area contributed by atoms with E-state index in [4.69, 9.17) is 19.4 Å². The predicted octanol–water partition coefficient (Wildman–Crippen LogP) is 4.45. The molecule has 1 aliphatic heterocycles. The summed E-state index contributed by atoms with van der Waals surface area (Å²) in [6.45, 7) is 3.14. The van der Waals surface area contributed by atoms with Crippen LogP contribution in [0.1, 0.15) is 10.4 Å². The minimum atomic E-state index is 0.296. The zero-order valence-corrected chi connectivity index (χ0v) is 16.1. The van der Waals surface area contributed by atoms with Gasteiger partial charge in [0.25, 0.3) is 0 Å². The lowest BCUT2D eigenvalue weighted by molar-refractivity contribution is 0.174. The molecule has 5 rings (SSSR count). The number of ether oxygens (including phenoxy) is 2. The fourth-order valence-corrected chi connectivity index (χ4v) is 4.10. The van der Waals surface area contributed by atoms with Crippen molar-refractivity contribution in [3.8, 4) is 22.9 Å². The fourth-order valence-electron chi connectivity index (χ4n) is 3.22. The number of thiophene rings is 1. The second kappa shape index (κ2) is 7.09. The quantitative estimate of drug-likeness (QED) is 0.543. The van der Waals surface area contributed by atoms with Crippen molar-refractivity contribution in [2.45, 2.75) is 13.3 Å². The number of hydrogen-bond acceptors (Lipinski definition) is 7. The van der Waals surface area contributed by atoms with E-state index < -0.39 is 0 Å². The highest BCUT2D eigenvalue weighted by molar-refractivity contribution is 7.18. The highest BCUT2D eigenvalue weighted by atomic mass is 32.1. The van der Waals surface area contributed by atoms with Crippen molar-refractivity contribution < 1.29 is 9.47 Å². The van der Waals surface area contributed by atoms with E-state index in [2.05, 4.69) is 29.4 Å². The van der Waals surface area contributed by atoms with Crippen LogP contribution in [0.25, 0.3) is 21.6 Å². The Labute approximate surface area is 166 Å². The first-order valence-electron chi connectivity index (χ1n) is 9.07. The van der Waals surface area contributed by atoms with Crippen molar-refractivity contribution >= 4 is 27.4 Å². The van der Waals surface area contributed by atoms with Crippen LogP contribution >= 0.6 is 11.3 Å². The van der Waals surface area contributed by atoms with E-state index in [-0.39, 0.29) is 0 Å². The average Bonchev–Trinajstić information content (AvgIpc) is 3.33. The third-order valence-electron chi connectivity index (χ3n) is 4.58. The molecule has 4 aromatic rings. The van der Waals surface area contributed by atoms with Crippen LogP contribution in [0.4, 0.5) is 5.82 Å². The lowest BCUT2D eigenvalue weighted by atomic mass is 10.1. The number of hydrogen-bond donors (Lipinski definition) is 1. The number of pyridine rings is 1. The second-order valence-electron chi connectivity index (χ2n) is 6.58. The van der Waals surface area contributed by atoms with Gasteiger partial charge in [0, 0.05) is 29.4 Å². The lowest BCUT2D eigenvalue weighted by Gasteiger charge is -2.09. The van der Waals surface area contributed by atoms with Gasteiger partial charge in [0.15, 0.2) is 17.3 Å². The van der Waals surface area contributed by atoms with Crippen LogP contribution in [0.5, 0.6) is 11.5 Å². The Hall–Kier alpha value is -3.19. The summed E-state index contributed by atoms with van der Waals surface area (Å²) < 4.78 is 10.8. The van der Waals surface area contributed by atoms with Gasteiger partial charge in [-0.3, -0.25) is 4.98 Å². The maximum Gasteiger partial charge on any atom is 0.231 e. The van der Waals surface area contributed by atoms with Crippen molar-refractivity contribution in [1.82, 2.24) is 15.0 Å². The Morgan fingerprint density at radius 2 is 2.04 bits per heavy atom. The van der Waals surface area contributed by atoms with Crippen molar-refractivity contribution in [3.63, 3.8) is 0 Å². The molecular weight excluding hydrogens is 372 g/mol. The molecule has 0 amide bonds. The van der Waals surface area contributed by atoms with Crippen molar-refractivity contribution in [3.05, 3.63) is 59.2 Å². The number of nitrogens with zero attached hydrogens (tertiary/aromatic N) is 3. The third-order valence-corrected chi connectivity index (χ3v) is 5.52. The largest absolute Gasteiger partial charge is 0.454 e. The molecule has 0 aliphatic carbocycles. The molecule has 1 aliphatic rings. The fraction of sp³-hybridized carbons (Fsp3) is 0.190. The van der Waals surface area contributed by atoms with Gasteiger partial charge in [-0.05, 0) is 49.2 Å². The van der Waals surface area contributed by atoms with Crippen molar-refractivity contribution in [2.24, 2.45) is 0 Å². The lowest BCUT2D eigenvalue weighted by Crippen LogP contribution is -2.07. The SMILES string of the molecule is Cc1cc2c(NCCc3ccc4c(c3)OCO4)nc(-c3cccnc3)nc2s1. The third kappa shape index (κ3) is 3.25. The average molecular weight is 390 g/mol. The number of fused-ring (bicyclic) bond motifs is 2. The van der Waals surface area contributed by atoms with Gasteiger partial charge in [0.2, 0.25) is 6.79 Å². The molecule has 0 bridgehead atoms. The van der Waals surface area contributed by atoms with E-state index in [1.165, 1.54) is 10.4 Å². The molecule has 7 heteroatoms. The van der Waals surface area contributed by atoms with E-state index in [0.29, 0.717) is 12.6 Å². The van der Waals surface area contributed by atoms with E-state index in [0.717, 1.165) is 46.1 Å². The molecule has 28 heavy (non-hydrogen) atoms. The summed E-state index contributed by atoms with van der Waals surface area (Å²) in [5.74, 6) is 3.17. The van der Waals surface area contributed by atoms with Crippen molar-refractivity contribution in [2.75, 3.05) is 18.7 Å². The van der Waals surface area contributed by atoms with Crippen LogP contribution in [0, 0.1) is 6.92 Å². The molecule has 4 heterocycles. The molecule has 0 saturated heterocycles. The smallest absolute Gasteiger partial charge is 0.231 e. The zero-order valence-electron chi connectivity index (χ0n) is 15.3. The molecule has 1 N–H and O–H groups in total. The van der Waals surface area contributed by atoms with E-state index >= 15 is 0 Å². The first kappa shape index (κ1) is 16.9. The summed E-state index contributed by atoms with van der Waals surface area (Å²) in [4.78, 5) is 15.9. The van der Waals surface area contributed by atoms with Crippen LogP contribution in [0.15, 0.2) is 48.8 Å². The van der Waals surface area contributed by atoms with Gasteiger partial charge in [-0.15, -0.1) is 11.3 Å². The van der Waals surface area contributed by atoms with Crippen molar-refractivity contribution in [1.29, 1.82) is 0 Å². The number of rotatable bonds is 5. The zero-order chi connectivity index (χ0) is 18.9. The van der Waals surface area contributed by atoms with Gasteiger partial charge in [-0.1, -0.05) is 6.07 Å². The molecule has 0 fully saturated rings. The Bertz CT molecular complexity index is 1140. The standard InChI is InChI=1S/C21H18N4O2S/c1-13-9-16-20(23-8-6-14-4-5-17-18(10-14)27-12-26-17)24-19(25-21(16)28-13)15-3-2-7-22-11-15/h2-5,7,9-11H,6,8,12H2,1H3,(H,23,24,25). The molecule has 0 atom stereocenters. The van der Waals surface area contributed by atoms with Gasteiger partial charge in [0.1, 0.15) is 10.6 Å². The normalized spacial score (nSPS) is 12.5. The predicted molar refractivity (Wildman–Crippen MR) is 110 cm³/mol. The second-order valence-corrected chi connectivity index (χ2v) is 7.81. The molecule has 6 nitrogen and oxygen atoms in total. The minimum Gasteiger partial charge on any atom is -0.454 e. The number of nitrogens with one attached hydrogen (secondary N) is 1. The summed E-state index contributed by atoms with van der Waals surface area (Å²) in [5, 5.41) is 4.55. The molecule has 1 aromatic carbocycles. The van der Waals surface area contributed by atoms with Gasteiger partial charge < -0.3 is 14.8 Å². The van der Waals surface area contributed by atoms with E-state index in [1.807, 2.05) is 24.3 Å². The van der Waals surface area contributed by atoms with Crippen LogP contribution in [0.2, 0.25) is 0 Å². The minimum absolute atomic E-state index is 0.296. The number of aromatic nitrogens is 3. The van der Waals surface area contributed by atoms with Gasteiger partial charge >= 0.3 is 0 Å². The number of aryl methyl sites for hydroxylation is 1. The first-order chi connectivity index (χ1) is 13.8. The van der Waals surface area contributed by atoms with Crippen LogP contribution in [-0.4, -0.2) is 28.3 Å². The Kier molecular flexibility index (Phi) is 4.29. The highest BCUT2D eigenvalue weighted by Gasteiger charge is 2.14. The Morgan fingerprint density at radius 1 is 1.11 bits per heavy atom. The highest BCUT2D eigenvalue weighted by Crippen LogP contribution is 2.33. The Balaban J connectivity index is 1.40. The van der Waals surface area contributed by atoms with Gasteiger partial charge in [-0.2, -0.15) is 0 Å². The van der Waals surface area contributed by atoms with Crippen LogP contribution < -0.4 is 14.8 Å². The number of benzene rings is 1. The molecular formula is C21H18N4O2S. The maximum atomic E-state index is 5.46. The van der Waals surface area contributed by atoms with E-state index in [1.54, 1.807) is 23.7 Å². The molecule has 0 radical (unpaired) electrons. The molecule has 140 valence electrons. The monoisotopic (exact) mass is 390 g/mol. The van der Waals surface area contributed by atoms with Crippen LogP contribution in [-0.2, 0) is 6.42 Å². The van der Waals surface area contributed by atoms with Gasteiger partial charge in [0.05, 0.1) is 5.39 Å². The molecule has 0 unspecified atom stereocenters. The summed E-state index contributed by atoms with van der Waals surface area (Å²) in [6, 6.07) is 12.1. The topological polar surface area (TPSA) is 69.2 Å². The summed E-state index contributed by atoms with van der Waals surface area (Å²) in [5.41, 5.74) is 2.10. The molecule has 3 aromatic heterocycles. The first-order valence-corrected chi connectivity index (χ1v) is 9.89. The molecule has 0 saturated carbocycles. The number of anilines is 1. The van der Waals surface area contributed by atoms with Crippen LogP contribution in [0.3, 0.4) is 0 Å². The maximum absolute atomic E-state index is 5.46. The Morgan fingerprint density at radius 3 is 2.93 bits per heavy atom. The van der Waals surface area contributed by atoms with E-state index in [9.17, 15) is 0 Å². The van der Waals surface area contributed by atoms with Gasteiger partial charge in [-0.25, -0.2) is 9.97 Å². The summed E-state index contributed by atoms with van der Waals surface area (Å²) in [6.07, 6.45) is 4.40. The molecule has 0 spiro atoms. The summed E-state index contributed by atoms with van der Waals surface area (Å²) >= 11 is 1.68.